The third-order valence-corrected chi connectivity index (χ3v) is 3.52. The molecule has 0 radical (unpaired) electrons. The van der Waals surface area contributed by atoms with E-state index in [0.29, 0.717) is 4.31 Å². The maximum Gasteiger partial charge on any atom is 0.326 e. The van der Waals surface area contributed by atoms with E-state index in [2.05, 4.69) is 4.74 Å². The summed E-state index contributed by atoms with van der Waals surface area (Å²) in [7, 11) is -3.82. The lowest BCUT2D eigenvalue weighted by Gasteiger charge is -2.21. The highest BCUT2D eigenvalue weighted by molar-refractivity contribution is 7.92. The van der Waals surface area contributed by atoms with Crippen molar-refractivity contribution in [2.24, 2.45) is 0 Å². The molecular weight excluding hydrogens is 297 g/mol. The van der Waals surface area contributed by atoms with Gasteiger partial charge in [-0.25, -0.2) is 12.8 Å². The van der Waals surface area contributed by atoms with Crippen LogP contribution >= 0.6 is 11.6 Å². The Kier molecular flexibility index (Phi) is 5.13. The van der Waals surface area contributed by atoms with E-state index >= 15 is 0 Å². The molecular formula is C11H13ClFNO4S. The lowest BCUT2D eigenvalue weighted by Crippen LogP contribution is -2.36. The van der Waals surface area contributed by atoms with Gasteiger partial charge in [-0.05, 0) is 25.1 Å². The molecule has 0 saturated carbocycles. The monoisotopic (exact) mass is 309 g/mol. The van der Waals surface area contributed by atoms with Crippen LogP contribution in [-0.2, 0) is 19.6 Å². The fraction of sp³-hybridized carbons (Fsp3) is 0.364. The van der Waals surface area contributed by atoms with Gasteiger partial charge in [0, 0.05) is 5.02 Å². The summed E-state index contributed by atoms with van der Waals surface area (Å²) in [5.41, 5.74) is -0.250. The second kappa shape index (κ2) is 6.21. The van der Waals surface area contributed by atoms with Crippen LogP contribution in [-0.4, -0.2) is 33.8 Å². The van der Waals surface area contributed by atoms with Crippen LogP contribution in [0.25, 0.3) is 0 Å². The zero-order chi connectivity index (χ0) is 14.6. The SMILES string of the molecule is CCOC(=O)CN(c1ccc(Cl)cc1F)S(C)(=O)=O. The molecule has 0 amide bonds. The molecule has 0 N–H and O–H groups in total. The van der Waals surface area contributed by atoms with Crippen LogP contribution in [0, 0.1) is 5.82 Å². The largest absolute Gasteiger partial charge is 0.465 e. The van der Waals surface area contributed by atoms with E-state index in [4.69, 9.17) is 11.6 Å². The van der Waals surface area contributed by atoms with Gasteiger partial charge < -0.3 is 4.74 Å². The molecule has 5 nitrogen and oxygen atoms in total. The first-order valence-corrected chi connectivity index (χ1v) is 7.56. The molecule has 0 saturated heterocycles. The van der Waals surface area contributed by atoms with Gasteiger partial charge in [-0.1, -0.05) is 11.6 Å². The van der Waals surface area contributed by atoms with Crippen LogP contribution in [0.5, 0.6) is 0 Å². The van der Waals surface area contributed by atoms with E-state index in [1.807, 2.05) is 0 Å². The molecule has 1 rings (SSSR count). The number of halogens is 2. The smallest absolute Gasteiger partial charge is 0.326 e. The average Bonchev–Trinajstić information content (AvgIpc) is 2.25. The van der Waals surface area contributed by atoms with Crippen molar-refractivity contribution in [3.05, 3.63) is 29.0 Å². The Morgan fingerprint density at radius 2 is 2.11 bits per heavy atom. The Bertz CT molecular complexity index is 576. The molecule has 0 aliphatic rings. The van der Waals surface area contributed by atoms with Gasteiger partial charge in [-0.3, -0.25) is 9.10 Å². The standard InChI is InChI=1S/C11H13ClFNO4S/c1-3-18-11(15)7-14(19(2,16)17)10-5-4-8(12)6-9(10)13/h4-6H,3,7H2,1-2H3. The molecule has 0 bridgehead atoms. The van der Waals surface area contributed by atoms with Crippen molar-refractivity contribution in [2.45, 2.75) is 6.92 Å². The first-order chi connectivity index (χ1) is 8.75. The first kappa shape index (κ1) is 15.7. The number of hydrogen-bond acceptors (Lipinski definition) is 4. The fourth-order valence-corrected chi connectivity index (χ4v) is 2.39. The highest BCUT2D eigenvalue weighted by Crippen LogP contribution is 2.24. The number of rotatable bonds is 5. The number of sulfonamides is 1. The molecule has 0 heterocycles. The molecule has 0 aliphatic heterocycles. The van der Waals surface area contributed by atoms with Crippen molar-refractivity contribution in [1.29, 1.82) is 0 Å². The van der Waals surface area contributed by atoms with Crippen LogP contribution in [0.3, 0.4) is 0 Å². The van der Waals surface area contributed by atoms with Crippen molar-refractivity contribution < 1.29 is 22.3 Å². The van der Waals surface area contributed by atoms with E-state index in [0.717, 1.165) is 12.3 Å². The van der Waals surface area contributed by atoms with Gasteiger partial charge in [0.25, 0.3) is 0 Å². The molecule has 0 unspecified atom stereocenters. The van der Waals surface area contributed by atoms with Crippen molar-refractivity contribution in [3.8, 4) is 0 Å². The molecule has 0 fully saturated rings. The van der Waals surface area contributed by atoms with Gasteiger partial charge in [-0.2, -0.15) is 0 Å². The zero-order valence-corrected chi connectivity index (χ0v) is 12.0. The van der Waals surface area contributed by atoms with Crippen LogP contribution in [0.2, 0.25) is 5.02 Å². The summed E-state index contributed by atoms with van der Waals surface area (Å²) in [6.07, 6.45) is 0.875. The molecule has 106 valence electrons. The zero-order valence-electron chi connectivity index (χ0n) is 10.4. The second-order valence-corrected chi connectivity index (χ2v) is 6.01. The minimum absolute atomic E-state index is 0.111. The molecule has 0 aromatic heterocycles. The predicted molar refractivity (Wildman–Crippen MR) is 70.2 cm³/mol. The molecule has 1 aromatic carbocycles. The van der Waals surface area contributed by atoms with Crippen LogP contribution in [0.1, 0.15) is 6.92 Å². The number of ether oxygens (including phenoxy) is 1. The van der Waals surface area contributed by atoms with E-state index in [1.54, 1.807) is 6.92 Å². The number of anilines is 1. The molecule has 0 atom stereocenters. The average molecular weight is 310 g/mol. The highest BCUT2D eigenvalue weighted by Gasteiger charge is 2.24. The molecule has 19 heavy (non-hydrogen) atoms. The minimum atomic E-state index is -3.82. The summed E-state index contributed by atoms with van der Waals surface area (Å²) in [6, 6.07) is 3.50. The number of carbonyl (C=O) groups excluding carboxylic acids is 1. The van der Waals surface area contributed by atoms with E-state index in [1.165, 1.54) is 12.1 Å². The van der Waals surface area contributed by atoms with Crippen molar-refractivity contribution >= 4 is 33.3 Å². The van der Waals surface area contributed by atoms with Crippen molar-refractivity contribution in [1.82, 2.24) is 0 Å². The van der Waals surface area contributed by atoms with Crippen LogP contribution in [0.4, 0.5) is 10.1 Å². The minimum Gasteiger partial charge on any atom is -0.465 e. The Hall–Kier alpha value is -1.34. The van der Waals surface area contributed by atoms with Crippen molar-refractivity contribution in [2.75, 3.05) is 23.7 Å². The van der Waals surface area contributed by atoms with E-state index in [-0.39, 0.29) is 17.3 Å². The molecule has 0 aliphatic carbocycles. The maximum atomic E-state index is 13.7. The van der Waals surface area contributed by atoms with Gasteiger partial charge in [0.1, 0.15) is 12.4 Å². The Labute approximate surface area is 116 Å². The molecule has 8 heteroatoms. The number of carbonyl (C=O) groups is 1. The summed E-state index contributed by atoms with van der Waals surface area (Å²) >= 11 is 5.59. The second-order valence-electron chi connectivity index (χ2n) is 3.67. The Morgan fingerprint density at radius 3 is 2.58 bits per heavy atom. The number of esters is 1. The summed E-state index contributed by atoms with van der Waals surface area (Å²) in [6.45, 7) is 1.11. The summed E-state index contributed by atoms with van der Waals surface area (Å²) in [4.78, 5) is 11.4. The lowest BCUT2D eigenvalue weighted by atomic mass is 10.3. The van der Waals surface area contributed by atoms with Crippen LogP contribution < -0.4 is 4.31 Å². The van der Waals surface area contributed by atoms with Gasteiger partial charge >= 0.3 is 5.97 Å². The quantitative estimate of drug-likeness (QED) is 0.778. The van der Waals surface area contributed by atoms with Gasteiger partial charge in [0.15, 0.2) is 0 Å². The normalized spacial score (nSPS) is 11.2. The third-order valence-electron chi connectivity index (χ3n) is 2.16. The highest BCUT2D eigenvalue weighted by atomic mass is 35.5. The lowest BCUT2D eigenvalue weighted by molar-refractivity contribution is -0.141. The number of nitrogens with zero attached hydrogens (tertiary/aromatic N) is 1. The number of hydrogen-bond donors (Lipinski definition) is 0. The fourth-order valence-electron chi connectivity index (χ4n) is 1.39. The van der Waals surface area contributed by atoms with Gasteiger partial charge in [0.2, 0.25) is 10.0 Å². The van der Waals surface area contributed by atoms with E-state index in [9.17, 15) is 17.6 Å². The number of benzene rings is 1. The van der Waals surface area contributed by atoms with E-state index < -0.39 is 28.4 Å². The maximum absolute atomic E-state index is 13.7. The third kappa shape index (κ3) is 4.36. The first-order valence-electron chi connectivity index (χ1n) is 5.34. The Morgan fingerprint density at radius 1 is 1.47 bits per heavy atom. The van der Waals surface area contributed by atoms with Gasteiger partial charge in [0.05, 0.1) is 18.6 Å². The topological polar surface area (TPSA) is 63.7 Å². The Balaban J connectivity index is 3.14. The predicted octanol–water partition coefficient (Wildman–Crippen LogP) is 1.81. The summed E-state index contributed by atoms with van der Waals surface area (Å²) < 4.78 is 42.3. The summed E-state index contributed by atoms with van der Waals surface area (Å²) in [5, 5.41) is 0.130. The molecule has 0 spiro atoms. The molecule has 1 aromatic rings. The van der Waals surface area contributed by atoms with Crippen molar-refractivity contribution in [3.63, 3.8) is 0 Å². The summed E-state index contributed by atoms with van der Waals surface area (Å²) in [5.74, 6) is -1.59. The van der Waals surface area contributed by atoms with Crippen LogP contribution in [0.15, 0.2) is 18.2 Å². The van der Waals surface area contributed by atoms with Gasteiger partial charge in [-0.15, -0.1) is 0 Å².